The summed E-state index contributed by atoms with van der Waals surface area (Å²) in [5.74, 6) is 1.11. The Morgan fingerprint density at radius 2 is 2.00 bits per heavy atom. The Labute approximate surface area is 181 Å². The molecule has 2 aliphatic heterocycles. The summed E-state index contributed by atoms with van der Waals surface area (Å²) in [6.45, 7) is 3.02. The Balaban J connectivity index is 1.49. The number of rotatable bonds is 3. The standard InChI is InChI=1S/C23H25ClN6/c24-21-14-27-23-29-18-3-1-2-15(10-18)4-5-16-11-19(28-22(21)30-23)7-6-17(16)12-26-20-8-9-25-13-20/h1-3,6-7,10-11,14,20,25-26H,4-5,8-9,12-13H2,(H2,27,28,29,30). The van der Waals surface area contributed by atoms with Crippen molar-refractivity contribution in [3.8, 4) is 0 Å². The van der Waals surface area contributed by atoms with Crippen LogP contribution >= 0.6 is 11.6 Å². The maximum absolute atomic E-state index is 6.36. The van der Waals surface area contributed by atoms with Crippen LogP contribution in [0.1, 0.15) is 23.1 Å². The summed E-state index contributed by atoms with van der Waals surface area (Å²) in [5, 5.41) is 14.3. The van der Waals surface area contributed by atoms with Crippen LogP contribution in [0.15, 0.2) is 48.7 Å². The largest absolute Gasteiger partial charge is 0.339 e. The van der Waals surface area contributed by atoms with E-state index in [2.05, 4.69) is 67.6 Å². The van der Waals surface area contributed by atoms with Gasteiger partial charge in [0.25, 0.3) is 0 Å². The first-order valence-corrected chi connectivity index (χ1v) is 10.8. The fourth-order valence-corrected chi connectivity index (χ4v) is 4.19. The molecule has 0 spiro atoms. The smallest absolute Gasteiger partial charge is 0.229 e. The average Bonchev–Trinajstić information content (AvgIpc) is 3.27. The maximum Gasteiger partial charge on any atom is 0.229 e. The molecule has 1 atom stereocenters. The number of nitrogens with one attached hydrogen (secondary N) is 4. The van der Waals surface area contributed by atoms with Crippen molar-refractivity contribution in [2.24, 2.45) is 0 Å². The van der Waals surface area contributed by atoms with Gasteiger partial charge in [-0.05, 0) is 66.8 Å². The molecule has 0 radical (unpaired) electrons. The number of aromatic nitrogens is 2. The van der Waals surface area contributed by atoms with E-state index in [4.69, 9.17) is 11.6 Å². The van der Waals surface area contributed by atoms with Crippen molar-refractivity contribution in [3.63, 3.8) is 0 Å². The van der Waals surface area contributed by atoms with Gasteiger partial charge in [0, 0.05) is 30.5 Å². The molecule has 6 nitrogen and oxygen atoms in total. The highest BCUT2D eigenvalue weighted by atomic mass is 35.5. The van der Waals surface area contributed by atoms with Crippen LogP contribution in [0.25, 0.3) is 0 Å². The van der Waals surface area contributed by atoms with Crippen molar-refractivity contribution in [3.05, 3.63) is 70.4 Å². The SMILES string of the molecule is Clc1cnc2nc1Nc1ccc(CNC3CCNC3)c(c1)CCc1cccc(c1)N2. The van der Waals surface area contributed by atoms with Crippen LogP contribution in [-0.2, 0) is 19.4 Å². The molecule has 7 heteroatoms. The van der Waals surface area contributed by atoms with Gasteiger partial charge in [0.1, 0.15) is 5.02 Å². The summed E-state index contributed by atoms with van der Waals surface area (Å²) in [6.07, 6.45) is 4.74. The van der Waals surface area contributed by atoms with Crippen molar-refractivity contribution in [2.75, 3.05) is 23.7 Å². The highest BCUT2D eigenvalue weighted by Crippen LogP contribution is 2.28. The number of halogens is 1. The van der Waals surface area contributed by atoms with Gasteiger partial charge in [-0.25, -0.2) is 4.98 Å². The molecular formula is C23H25ClN6. The lowest BCUT2D eigenvalue weighted by molar-refractivity contribution is 0.545. The van der Waals surface area contributed by atoms with Gasteiger partial charge >= 0.3 is 0 Å². The minimum atomic E-state index is 0.491. The van der Waals surface area contributed by atoms with Gasteiger partial charge < -0.3 is 21.3 Å². The van der Waals surface area contributed by atoms with E-state index in [1.54, 1.807) is 6.20 Å². The molecule has 1 fully saturated rings. The number of anilines is 4. The van der Waals surface area contributed by atoms with Crippen molar-refractivity contribution >= 4 is 34.7 Å². The highest BCUT2D eigenvalue weighted by Gasteiger charge is 2.15. The molecule has 0 amide bonds. The summed E-state index contributed by atoms with van der Waals surface area (Å²) in [4.78, 5) is 8.88. The van der Waals surface area contributed by atoms with E-state index in [1.807, 2.05) is 6.07 Å². The third-order valence-corrected chi connectivity index (χ3v) is 6.00. The number of aryl methyl sites for hydroxylation is 2. The van der Waals surface area contributed by atoms with Crippen LogP contribution in [0.2, 0.25) is 5.02 Å². The zero-order valence-corrected chi connectivity index (χ0v) is 17.5. The first-order chi connectivity index (χ1) is 14.7. The van der Waals surface area contributed by atoms with Crippen LogP contribution in [-0.4, -0.2) is 29.1 Å². The molecule has 1 saturated heterocycles. The predicted molar refractivity (Wildman–Crippen MR) is 122 cm³/mol. The third-order valence-electron chi connectivity index (χ3n) is 5.72. The van der Waals surface area contributed by atoms with E-state index in [-0.39, 0.29) is 0 Å². The molecule has 0 aliphatic carbocycles. The van der Waals surface area contributed by atoms with E-state index < -0.39 is 0 Å². The fourth-order valence-electron chi connectivity index (χ4n) is 4.06. The Morgan fingerprint density at radius 1 is 1.07 bits per heavy atom. The zero-order chi connectivity index (χ0) is 20.3. The number of nitrogens with zero attached hydrogens (tertiary/aromatic N) is 2. The maximum atomic E-state index is 6.36. The van der Waals surface area contributed by atoms with Crippen molar-refractivity contribution < 1.29 is 0 Å². The molecule has 30 heavy (non-hydrogen) atoms. The molecule has 6 bridgehead atoms. The van der Waals surface area contributed by atoms with Gasteiger partial charge in [-0.15, -0.1) is 0 Å². The second-order valence-corrected chi connectivity index (χ2v) is 8.30. The fraction of sp³-hybridized carbons (Fsp3) is 0.304. The Morgan fingerprint density at radius 3 is 2.90 bits per heavy atom. The lowest BCUT2D eigenvalue weighted by Gasteiger charge is -2.16. The molecule has 1 unspecified atom stereocenters. The van der Waals surface area contributed by atoms with E-state index in [0.717, 1.165) is 43.9 Å². The van der Waals surface area contributed by atoms with Gasteiger partial charge in [0.2, 0.25) is 5.95 Å². The molecule has 1 aromatic heterocycles. The number of hydrogen-bond donors (Lipinski definition) is 4. The molecule has 4 N–H and O–H groups in total. The topological polar surface area (TPSA) is 73.9 Å². The van der Waals surface area contributed by atoms with Gasteiger partial charge in [-0.2, -0.15) is 4.98 Å². The van der Waals surface area contributed by atoms with Gasteiger partial charge in [-0.1, -0.05) is 29.8 Å². The summed E-state index contributed by atoms with van der Waals surface area (Å²) in [6, 6.07) is 15.5. The molecule has 5 rings (SSSR count). The molecule has 2 aliphatic rings. The van der Waals surface area contributed by atoms with Gasteiger partial charge in [-0.3, -0.25) is 0 Å². The molecular weight excluding hydrogens is 396 g/mol. The highest BCUT2D eigenvalue weighted by molar-refractivity contribution is 6.32. The lowest BCUT2D eigenvalue weighted by atomic mass is 9.98. The second kappa shape index (κ2) is 8.60. The Kier molecular flexibility index (Phi) is 5.53. The van der Waals surface area contributed by atoms with Gasteiger partial charge in [0.05, 0.1) is 6.20 Å². The van der Waals surface area contributed by atoms with E-state index in [0.29, 0.717) is 22.8 Å². The number of hydrogen-bond acceptors (Lipinski definition) is 6. The van der Waals surface area contributed by atoms with E-state index in [1.165, 1.54) is 23.1 Å². The molecule has 2 aromatic carbocycles. The van der Waals surface area contributed by atoms with Crippen molar-refractivity contribution in [1.29, 1.82) is 0 Å². The second-order valence-electron chi connectivity index (χ2n) is 7.89. The zero-order valence-electron chi connectivity index (χ0n) is 16.7. The number of benzene rings is 2. The normalized spacial score (nSPS) is 17.8. The molecule has 3 heterocycles. The summed E-state index contributed by atoms with van der Waals surface area (Å²) in [5.41, 5.74) is 5.91. The molecule has 0 saturated carbocycles. The van der Waals surface area contributed by atoms with Crippen LogP contribution in [0.3, 0.4) is 0 Å². The monoisotopic (exact) mass is 420 g/mol. The van der Waals surface area contributed by atoms with Crippen LogP contribution in [0.5, 0.6) is 0 Å². The summed E-state index contributed by atoms with van der Waals surface area (Å²) < 4.78 is 0. The van der Waals surface area contributed by atoms with Crippen molar-refractivity contribution in [2.45, 2.75) is 31.8 Å². The third kappa shape index (κ3) is 4.41. The summed E-state index contributed by atoms with van der Waals surface area (Å²) in [7, 11) is 0. The van der Waals surface area contributed by atoms with Gasteiger partial charge in [0.15, 0.2) is 5.82 Å². The first-order valence-electron chi connectivity index (χ1n) is 10.4. The molecule has 154 valence electrons. The van der Waals surface area contributed by atoms with Crippen LogP contribution < -0.4 is 21.3 Å². The Hall–Kier alpha value is -2.67. The average molecular weight is 421 g/mol. The first kappa shape index (κ1) is 19.3. The predicted octanol–water partition coefficient (Wildman–Crippen LogP) is 4.17. The number of fused-ring (bicyclic) bond motifs is 6. The quantitative estimate of drug-likeness (QED) is 0.509. The van der Waals surface area contributed by atoms with Crippen LogP contribution in [0.4, 0.5) is 23.1 Å². The van der Waals surface area contributed by atoms with Crippen molar-refractivity contribution in [1.82, 2.24) is 20.6 Å². The minimum absolute atomic E-state index is 0.491. The van der Waals surface area contributed by atoms with Crippen LogP contribution in [0, 0.1) is 0 Å². The summed E-state index contributed by atoms with van der Waals surface area (Å²) >= 11 is 6.36. The molecule has 3 aromatic rings. The van der Waals surface area contributed by atoms with E-state index >= 15 is 0 Å². The lowest BCUT2D eigenvalue weighted by Crippen LogP contribution is -2.30. The Bertz CT molecular complexity index is 1050. The minimum Gasteiger partial charge on any atom is -0.339 e. The van der Waals surface area contributed by atoms with E-state index in [9.17, 15) is 0 Å².